The number of aromatic nitrogens is 2. The lowest BCUT2D eigenvalue weighted by atomic mass is 10.1. The summed E-state index contributed by atoms with van der Waals surface area (Å²) in [6, 6.07) is 6.27. The molecule has 0 bridgehead atoms. The number of allylic oxidation sites excluding steroid dienone is 2. The Morgan fingerprint density at radius 2 is 2.08 bits per heavy atom. The van der Waals surface area contributed by atoms with Gasteiger partial charge in [0, 0.05) is 12.6 Å². The molecule has 4 heteroatoms. The molecule has 0 fully saturated rings. The van der Waals surface area contributed by atoms with Crippen LogP contribution in [-0.4, -0.2) is 15.5 Å². The Labute approximate surface area is 140 Å². The predicted octanol–water partition coefficient (Wildman–Crippen LogP) is 4.00. The third-order valence-corrected chi connectivity index (χ3v) is 3.54. The Bertz CT molecular complexity index is 912. The van der Waals surface area contributed by atoms with Gasteiger partial charge in [0.15, 0.2) is 0 Å². The highest BCUT2D eigenvalue weighted by atomic mass is 19.1. The number of benzene rings is 1. The lowest BCUT2D eigenvalue weighted by molar-refractivity contribution is 0.626. The first-order valence-corrected chi connectivity index (χ1v) is 7.75. The third-order valence-electron chi connectivity index (χ3n) is 3.54. The molecule has 24 heavy (non-hydrogen) atoms. The minimum Gasteiger partial charge on any atom is -0.252 e. The topological polar surface area (TPSA) is 30.2 Å². The second-order valence-electron chi connectivity index (χ2n) is 5.16. The standard InChI is InChI=1S/C20H16FN3/c1-2-20-16(8-11-18-7-5-3-4-6-14-22-18)15-23-24(20)19-12-9-17(21)10-13-19/h4-6,9-10,12-15H,2,7H2,1H3/b14-6-,22-18?. The maximum absolute atomic E-state index is 13.1. The Hall–Kier alpha value is -3.15. The Morgan fingerprint density at radius 3 is 2.88 bits per heavy atom. The van der Waals surface area contributed by atoms with E-state index in [0.717, 1.165) is 29.1 Å². The van der Waals surface area contributed by atoms with E-state index < -0.39 is 0 Å². The third kappa shape index (κ3) is 3.60. The summed E-state index contributed by atoms with van der Waals surface area (Å²) in [4.78, 5) is 4.32. The molecular weight excluding hydrogens is 301 g/mol. The van der Waals surface area contributed by atoms with Crippen molar-refractivity contribution in [3.05, 3.63) is 77.7 Å². The van der Waals surface area contributed by atoms with Crippen molar-refractivity contribution in [3.63, 3.8) is 0 Å². The molecule has 1 aliphatic rings. The quantitative estimate of drug-likeness (QED) is 0.608. The van der Waals surface area contributed by atoms with Crippen LogP contribution in [0, 0.1) is 17.7 Å². The highest BCUT2D eigenvalue weighted by Gasteiger charge is 2.09. The first-order chi connectivity index (χ1) is 11.8. The number of hydrogen-bond donors (Lipinski definition) is 0. The van der Waals surface area contributed by atoms with Crippen molar-refractivity contribution in [3.8, 4) is 17.5 Å². The van der Waals surface area contributed by atoms with Crippen molar-refractivity contribution < 1.29 is 4.39 Å². The molecule has 0 saturated carbocycles. The molecular formula is C20H16FN3. The predicted molar refractivity (Wildman–Crippen MR) is 93.6 cm³/mol. The largest absolute Gasteiger partial charge is 0.252 e. The fourth-order valence-corrected chi connectivity index (χ4v) is 2.35. The summed E-state index contributed by atoms with van der Waals surface area (Å²) in [7, 11) is 0. The summed E-state index contributed by atoms with van der Waals surface area (Å²) in [6.07, 6.45) is 10.4. The van der Waals surface area contributed by atoms with Crippen LogP contribution in [0.25, 0.3) is 5.69 Å². The van der Waals surface area contributed by atoms with Crippen molar-refractivity contribution in [1.82, 2.24) is 9.78 Å². The lowest BCUT2D eigenvalue weighted by Crippen LogP contribution is -2.02. The smallest absolute Gasteiger partial charge is 0.123 e. The Morgan fingerprint density at radius 1 is 1.25 bits per heavy atom. The van der Waals surface area contributed by atoms with Crippen LogP contribution in [0.1, 0.15) is 24.6 Å². The van der Waals surface area contributed by atoms with Crippen molar-refractivity contribution in [1.29, 1.82) is 0 Å². The van der Waals surface area contributed by atoms with Crippen LogP contribution in [0.3, 0.4) is 0 Å². The zero-order valence-corrected chi connectivity index (χ0v) is 13.3. The molecule has 0 radical (unpaired) electrons. The van der Waals surface area contributed by atoms with Crippen LogP contribution >= 0.6 is 0 Å². The fourth-order valence-electron chi connectivity index (χ4n) is 2.35. The van der Waals surface area contributed by atoms with Gasteiger partial charge in [-0.25, -0.2) is 9.07 Å². The summed E-state index contributed by atoms with van der Waals surface area (Å²) in [5.74, 6) is 6.00. The van der Waals surface area contributed by atoms with Crippen LogP contribution in [0.4, 0.5) is 4.39 Å². The molecule has 0 spiro atoms. The average molecular weight is 317 g/mol. The van der Waals surface area contributed by atoms with E-state index in [1.807, 2.05) is 25.2 Å². The zero-order chi connectivity index (χ0) is 16.8. The van der Waals surface area contributed by atoms with Gasteiger partial charge in [0.25, 0.3) is 0 Å². The van der Waals surface area contributed by atoms with Gasteiger partial charge in [0.1, 0.15) is 5.82 Å². The van der Waals surface area contributed by atoms with Crippen LogP contribution in [-0.2, 0) is 6.42 Å². The van der Waals surface area contributed by atoms with Gasteiger partial charge < -0.3 is 0 Å². The average Bonchev–Trinajstić information content (AvgIpc) is 2.97. The van der Waals surface area contributed by atoms with E-state index >= 15 is 0 Å². The molecule has 0 N–H and O–H groups in total. The monoisotopic (exact) mass is 317 g/mol. The molecule has 2 aromatic rings. The number of rotatable bonds is 2. The molecule has 1 aliphatic heterocycles. The van der Waals surface area contributed by atoms with Gasteiger partial charge in [-0.15, -0.1) is 5.73 Å². The Balaban J connectivity index is 1.92. The molecule has 3 rings (SSSR count). The van der Waals surface area contributed by atoms with Crippen LogP contribution < -0.4 is 0 Å². The summed E-state index contributed by atoms with van der Waals surface area (Å²) < 4.78 is 14.9. The maximum atomic E-state index is 13.1. The van der Waals surface area contributed by atoms with E-state index in [4.69, 9.17) is 0 Å². The molecule has 118 valence electrons. The summed E-state index contributed by atoms with van der Waals surface area (Å²) in [6.45, 7) is 2.05. The van der Waals surface area contributed by atoms with Crippen molar-refractivity contribution >= 4 is 5.71 Å². The van der Waals surface area contributed by atoms with Crippen molar-refractivity contribution in [2.45, 2.75) is 19.8 Å². The molecule has 1 aromatic carbocycles. The molecule has 3 nitrogen and oxygen atoms in total. The van der Waals surface area contributed by atoms with Gasteiger partial charge in [0.05, 0.1) is 28.9 Å². The second-order valence-corrected chi connectivity index (χ2v) is 5.16. The normalized spacial score (nSPS) is 14.3. The molecule has 0 unspecified atom stereocenters. The van der Waals surface area contributed by atoms with E-state index in [0.29, 0.717) is 6.42 Å². The number of nitrogens with zero attached hydrogens (tertiary/aromatic N) is 3. The van der Waals surface area contributed by atoms with Gasteiger partial charge in [-0.2, -0.15) is 5.10 Å². The van der Waals surface area contributed by atoms with E-state index in [9.17, 15) is 4.39 Å². The lowest BCUT2D eigenvalue weighted by Gasteiger charge is -2.06. The number of hydrogen-bond acceptors (Lipinski definition) is 2. The van der Waals surface area contributed by atoms with E-state index in [-0.39, 0.29) is 5.82 Å². The van der Waals surface area contributed by atoms with Gasteiger partial charge in [0.2, 0.25) is 0 Å². The minimum atomic E-state index is -0.263. The first kappa shape index (κ1) is 15.7. The number of halogens is 1. The van der Waals surface area contributed by atoms with E-state index in [2.05, 4.69) is 27.7 Å². The molecule has 0 amide bonds. The van der Waals surface area contributed by atoms with Gasteiger partial charge in [-0.05, 0) is 54.8 Å². The summed E-state index contributed by atoms with van der Waals surface area (Å²) in [5, 5.41) is 4.40. The summed E-state index contributed by atoms with van der Waals surface area (Å²) >= 11 is 0. The molecule has 0 atom stereocenters. The van der Waals surface area contributed by atoms with E-state index in [1.54, 1.807) is 29.2 Å². The zero-order valence-electron chi connectivity index (χ0n) is 13.3. The highest BCUT2D eigenvalue weighted by Crippen LogP contribution is 2.15. The molecule has 2 heterocycles. The fraction of sp³-hybridized carbons (Fsp3) is 0.150. The second kappa shape index (κ2) is 7.41. The Kier molecular flexibility index (Phi) is 4.86. The highest BCUT2D eigenvalue weighted by molar-refractivity contribution is 6.02. The van der Waals surface area contributed by atoms with Gasteiger partial charge in [-0.1, -0.05) is 12.8 Å². The van der Waals surface area contributed by atoms with Crippen LogP contribution in [0.15, 0.2) is 65.6 Å². The maximum Gasteiger partial charge on any atom is 0.123 e. The minimum absolute atomic E-state index is 0.263. The van der Waals surface area contributed by atoms with Crippen LogP contribution in [0.5, 0.6) is 0 Å². The molecule has 0 saturated heterocycles. The van der Waals surface area contributed by atoms with Gasteiger partial charge >= 0.3 is 0 Å². The van der Waals surface area contributed by atoms with E-state index in [1.165, 1.54) is 12.1 Å². The first-order valence-electron chi connectivity index (χ1n) is 7.75. The molecule has 1 aromatic heterocycles. The number of aliphatic imine (C=N–C) groups is 1. The van der Waals surface area contributed by atoms with Crippen molar-refractivity contribution in [2.24, 2.45) is 4.99 Å². The van der Waals surface area contributed by atoms with Crippen molar-refractivity contribution in [2.75, 3.05) is 0 Å². The molecule has 0 aliphatic carbocycles. The van der Waals surface area contributed by atoms with Gasteiger partial charge in [-0.3, -0.25) is 4.99 Å². The summed E-state index contributed by atoms with van der Waals surface area (Å²) in [5.41, 5.74) is 6.49. The van der Waals surface area contributed by atoms with Crippen LogP contribution in [0.2, 0.25) is 0 Å². The SMILES string of the molecule is CCc1c(C#CC2=N/C=C\C=C=CC2)cnn1-c1ccc(F)cc1.